The largest absolute Gasteiger partial charge is 0.396 e. The summed E-state index contributed by atoms with van der Waals surface area (Å²) in [4.78, 5) is 18.8. The lowest BCUT2D eigenvalue weighted by atomic mass is 10.0. The average Bonchev–Trinajstić information content (AvgIpc) is 2.61. The number of nitrogens with one attached hydrogen (secondary N) is 2. The first-order chi connectivity index (χ1) is 11.7. The first-order valence-electron chi connectivity index (χ1n) is 8.98. The van der Waals surface area contributed by atoms with Crippen LogP contribution < -0.4 is 10.6 Å². The minimum atomic E-state index is -0.136. The van der Waals surface area contributed by atoms with Crippen molar-refractivity contribution in [3.05, 3.63) is 30.1 Å². The number of carbonyl (C=O) groups excluding carboxylic acids is 1. The van der Waals surface area contributed by atoms with Crippen LogP contribution in [0.2, 0.25) is 0 Å². The van der Waals surface area contributed by atoms with E-state index in [4.69, 9.17) is 0 Å². The molecule has 0 aliphatic carbocycles. The summed E-state index contributed by atoms with van der Waals surface area (Å²) < 4.78 is 0. The molecule has 1 saturated heterocycles. The van der Waals surface area contributed by atoms with Gasteiger partial charge in [-0.25, -0.2) is 4.79 Å². The highest BCUT2D eigenvalue weighted by molar-refractivity contribution is 5.74. The number of carbonyl (C=O) groups is 1. The van der Waals surface area contributed by atoms with Gasteiger partial charge in [0.05, 0.1) is 0 Å². The van der Waals surface area contributed by atoms with Crippen molar-refractivity contribution in [1.29, 1.82) is 0 Å². The van der Waals surface area contributed by atoms with Gasteiger partial charge >= 0.3 is 6.03 Å². The quantitative estimate of drug-likeness (QED) is 0.672. The number of piperidine rings is 1. The molecule has 0 bridgehead atoms. The molecule has 2 amide bonds. The molecule has 0 radical (unpaired) electrons. The number of hydrogen-bond acceptors (Lipinski definition) is 4. The molecule has 1 unspecified atom stereocenters. The minimum absolute atomic E-state index is 0.0166. The van der Waals surface area contributed by atoms with E-state index in [1.54, 1.807) is 6.20 Å². The second kappa shape index (κ2) is 10.3. The van der Waals surface area contributed by atoms with Gasteiger partial charge in [-0.3, -0.25) is 4.98 Å². The number of aliphatic hydroxyl groups is 1. The Bertz CT molecular complexity index is 475. The molecule has 0 aromatic carbocycles. The molecule has 1 atom stereocenters. The van der Waals surface area contributed by atoms with Gasteiger partial charge in [0.2, 0.25) is 0 Å². The van der Waals surface area contributed by atoms with Crippen molar-refractivity contribution >= 4 is 6.03 Å². The highest BCUT2D eigenvalue weighted by Crippen LogP contribution is 2.10. The SMILES string of the molecule is CCCN1CCC(NC(=O)NCC(CO)Cc2ccccn2)CC1. The number of aromatic nitrogens is 1. The second-order valence-electron chi connectivity index (χ2n) is 6.54. The van der Waals surface area contributed by atoms with E-state index in [9.17, 15) is 9.90 Å². The third-order valence-corrected chi connectivity index (χ3v) is 4.50. The van der Waals surface area contributed by atoms with E-state index in [0.717, 1.165) is 38.2 Å². The summed E-state index contributed by atoms with van der Waals surface area (Å²) in [5, 5.41) is 15.4. The van der Waals surface area contributed by atoms with Gasteiger partial charge in [-0.05, 0) is 44.4 Å². The number of hydrogen-bond donors (Lipinski definition) is 3. The standard InChI is InChI=1S/C18H30N4O2/c1-2-9-22-10-6-16(7-11-22)21-18(24)20-13-15(14-23)12-17-5-3-4-8-19-17/h3-5,8,15-16,23H,2,6-7,9-14H2,1H3,(H2,20,21,24). The van der Waals surface area contributed by atoms with Crippen LogP contribution in [-0.2, 0) is 6.42 Å². The maximum absolute atomic E-state index is 12.1. The van der Waals surface area contributed by atoms with Gasteiger partial charge in [-0.15, -0.1) is 0 Å². The van der Waals surface area contributed by atoms with Crippen molar-refractivity contribution in [1.82, 2.24) is 20.5 Å². The van der Waals surface area contributed by atoms with Crippen LogP contribution in [0.25, 0.3) is 0 Å². The first kappa shape index (κ1) is 18.7. The fourth-order valence-electron chi connectivity index (χ4n) is 3.11. The van der Waals surface area contributed by atoms with Gasteiger partial charge in [0.25, 0.3) is 0 Å². The highest BCUT2D eigenvalue weighted by atomic mass is 16.3. The number of rotatable bonds is 8. The molecular weight excluding hydrogens is 304 g/mol. The van der Waals surface area contributed by atoms with E-state index < -0.39 is 0 Å². The third kappa shape index (κ3) is 6.45. The Labute approximate surface area is 144 Å². The number of nitrogens with zero attached hydrogens (tertiary/aromatic N) is 2. The van der Waals surface area contributed by atoms with Crippen molar-refractivity contribution in [2.75, 3.05) is 32.8 Å². The lowest BCUT2D eigenvalue weighted by molar-refractivity contribution is 0.189. The molecule has 6 nitrogen and oxygen atoms in total. The number of pyridine rings is 1. The van der Waals surface area contributed by atoms with Gasteiger partial charge in [0.1, 0.15) is 0 Å². The van der Waals surface area contributed by atoms with Crippen LogP contribution in [0, 0.1) is 5.92 Å². The number of amides is 2. The van der Waals surface area contributed by atoms with Crippen LogP contribution in [0.1, 0.15) is 31.9 Å². The molecule has 1 fully saturated rings. The molecule has 0 saturated carbocycles. The van der Waals surface area contributed by atoms with E-state index in [1.165, 1.54) is 6.42 Å². The fraction of sp³-hybridized carbons (Fsp3) is 0.667. The molecule has 3 N–H and O–H groups in total. The van der Waals surface area contributed by atoms with Crippen LogP contribution in [0.15, 0.2) is 24.4 Å². The summed E-state index contributed by atoms with van der Waals surface area (Å²) in [6, 6.07) is 5.86. The Morgan fingerprint density at radius 2 is 2.21 bits per heavy atom. The van der Waals surface area contributed by atoms with Crippen molar-refractivity contribution in [2.24, 2.45) is 5.92 Å². The predicted molar refractivity (Wildman–Crippen MR) is 94.8 cm³/mol. The number of aliphatic hydroxyl groups excluding tert-OH is 1. The van der Waals surface area contributed by atoms with Crippen molar-refractivity contribution in [3.63, 3.8) is 0 Å². The molecular formula is C18H30N4O2. The summed E-state index contributed by atoms with van der Waals surface area (Å²) in [7, 11) is 0. The molecule has 1 aliphatic rings. The third-order valence-electron chi connectivity index (χ3n) is 4.50. The summed E-state index contributed by atoms with van der Waals surface area (Å²) in [6.45, 7) is 5.93. The average molecular weight is 334 g/mol. The minimum Gasteiger partial charge on any atom is -0.396 e. The lowest BCUT2D eigenvalue weighted by Gasteiger charge is -2.32. The highest BCUT2D eigenvalue weighted by Gasteiger charge is 2.20. The lowest BCUT2D eigenvalue weighted by Crippen LogP contribution is -2.48. The molecule has 1 aliphatic heterocycles. The number of urea groups is 1. The normalized spacial score (nSPS) is 17.4. The predicted octanol–water partition coefficient (Wildman–Crippen LogP) is 1.41. The zero-order valence-electron chi connectivity index (χ0n) is 14.6. The van der Waals surface area contributed by atoms with Crippen LogP contribution >= 0.6 is 0 Å². The van der Waals surface area contributed by atoms with Crippen LogP contribution in [0.3, 0.4) is 0 Å². The molecule has 134 valence electrons. The van der Waals surface area contributed by atoms with Crippen LogP contribution in [-0.4, -0.2) is 59.8 Å². The van der Waals surface area contributed by atoms with Gasteiger partial charge in [0.15, 0.2) is 0 Å². The molecule has 0 spiro atoms. The second-order valence-corrected chi connectivity index (χ2v) is 6.54. The van der Waals surface area contributed by atoms with E-state index in [-0.39, 0.29) is 24.6 Å². The van der Waals surface area contributed by atoms with E-state index in [1.807, 2.05) is 18.2 Å². The van der Waals surface area contributed by atoms with Gasteiger partial charge in [0, 0.05) is 50.1 Å². The maximum atomic E-state index is 12.1. The fourth-order valence-corrected chi connectivity index (χ4v) is 3.11. The zero-order valence-corrected chi connectivity index (χ0v) is 14.6. The van der Waals surface area contributed by atoms with Gasteiger partial charge in [-0.2, -0.15) is 0 Å². The summed E-state index contributed by atoms with van der Waals surface area (Å²) in [6.07, 6.45) is 5.59. The van der Waals surface area contributed by atoms with Crippen LogP contribution in [0.5, 0.6) is 0 Å². The monoisotopic (exact) mass is 334 g/mol. The Kier molecular flexibility index (Phi) is 7.98. The zero-order chi connectivity index (χ0) is 17.2. The van der Waals surface area contributed by atoms with Crippen molar-refractivity contribution in [2.45, 2.75) is 38.6 Å². The summed E-state index contributed by atoms with van der Waals surface area (Å²) >= 11 is 0. The van der Waals surface area contributed by atoms with Crippen LogP contribution in [0.4, 0.5) is 4.79 Å². The van der Waals surface area contributed by atoms with E-state index in [0.29, 0.717) is 13.0 Å². The van der Waals surface area contributed by atoms with Gasteiger partial charge in [-0.1, -0.05) is 13.0 Å². The topological polar surface area (TPSA) is 77.5 Å². The Morgan fingerprint density at radius 3 is 2.83 bits per heavy atom. The molecule has 2 rings (SSSR count). The molecule has 1 aromatic heterocycles. The smallest absolute Gasteiger partial charge is 0.315 e. The van der Waals surface area contributed by atoms with Gasteiger partial charge < -0.3 is 20.6 Å². The molecule has 6 heteroatoms. The number of likely N-dealkylation sites (tertiary alicyclic amines) is 1. The Hall–Kier alpha value is -1.66. The first-order valence-corrected chi connectivity index (χ1v) is 8.98. The summed E-state index contributed by atoms with van der Waals surface area (Å²) in [5.74, 6) is -0.0166. The molecule has 24 heavy (non-hydrogen) atoms. The van der Waals surface area contributed by atoms with E-state index >= 15 is 0 Å². The Balaban J connectivity index is 1.66. The molecule has 2 heterocycles. The molecule has 1 aromatic rings. The van der Waals surface area contributed by atoms with E-state index in [2.05, 4.69) is 27.4 Å². The Morgan fingerprint density at radius 1 is 1.42 bits per heavy atom. The summed E-state index contributed by atoms with van der Waals surface area (Å²) in [5.41, 5.74) is 0.932. The van der Waals surface area contributed by atoms with Crippen molar-refractivity contribution in [3.8, 4) is 0 Å². The van der Waals surface area contributed by atoms with Crippen molar-refractivity contribution < 1.29 is 9.90 Å². The maximum Gasteiger partial charge on any atom is 0.315 e.